The Morgan fingerprint density at radius 3 is 2.24 bits per heavy atom. The highest BCUT2D eigenvalue weighted by Crippen LogP contribution is 2.22. The Kier molecular flexibility index (Phi) is 3.82. The SMILES string of the molecule is CC(NC(C)c1ccsc1)c1ccc(O)cc1. The largest absolute Gasteiger partial charge is 0.508 e. The predicted molar refractivity (Wildman–Crippen MR) is 72.4 cm³/mol. The van der Waals surface area contributed by atoms with Crippen molar-refractivity contribution in [2.75, 3.05) is 0 Å². The summed E-state index contributed by atoms with van der Waals surface area (Å²) < 4.78 is 0. The van der Waals surface area contributed by atoms with Crippen LogP contribution in [0.3, 0.4) is 0 Å². The summed E-state index contributed by atoms with van der Waals surface area (Å²) in [5.74, 6) is 0.312. The van der Waals surface area contributed by atoms with Gasteiger partial charge in [-0.15, -0.1) is 0 Å². The first-order valence-electron chi connectivity index (χ1n) is 5.74. The molecule has 2 N–H and O–H groups in total. The van der Waals surface area contributed by atoms with Crippen LogP contribution in [0.5, 0.6) is 5.75 Å². The van der Waals surface area contributed by atoms with Crippen LogP contribution in [0, 0.1) is 0 Å². The van der Waals surface area contributed by atoms with E-state index >= 15 is 0 Å². The van der Waals surface area contributed by atoms with Crippen molar-refractivity contribution >= 4 is 11.3 Å². The van der Waals surface area contributed by atoms with Crippen molar-refractivity contribution in [2.45, 2.75) is 25.9 Å². The average molecular weight is 247 g/mol. The fourth-order valence-corrected chi connectivity index (χ4v) is 2.61. The molecule has 0 amide bonds. The van der Waals surface area contributed by atoms with Crippen molar-refractivity contribution in [3.8, 4) is 5.75 Å². The van der Waals surface area contributed by atoms with Crippen molar-refractivity contribution in [1.29, 1.82) is 0 Å². The number of benzene rings is 1. The van der Waals surface area contributed by atoms with Gasteiger partial charge in [0.25, 0.3) is 0 Å². The number of aromatic hydroxyl groups is 1. The molecule has 2 atom stereocenters. The van der Waals surface area contributed by atoms with E-state index in [1.165, 1.54) is 11.1 Å². The van der Waals surface area contributed by atoms with Crippen molar-refractivity contribution < 1.29 is 5.11 Å². The molecule has 90 valence electrons. The minimum absolute atomic E-state index is 0.269. The van der Waals surface area contributed by atoms with Crippen LogP contribution in [0.25, 0.3) is 0 Å². The molecule has 2 aromatic rings. The molecule has 0 radical (unpaired) electrons. The lowest BCUT2D eigenvalue weighted by atomic mass is 10.1. The second-order valence-electron chi connectivity index (χ2n) is 4.26. The molecule has 1 aromatic heterocycles. The molecule has 17 heavy (non-hydrogen) atoms. The minimum Gasteiger partial charge on any atom is -0.508 e. The lowest BCUT2D eigenvalue weighted by Crippen LogP contribution is -2.21. The van der Waals surface area contributed by atoms with Crippen LogP contribution in [0.2, 0.25) is 0 Å². The first-order valence-corrected chi connectivity index (χ1v) is 6.68. The monoisotopic (exact) mass is 247 g/mol. The van der Waals surface area contributed by atoms with Gasteiger partial charge in [-0.3, -0.25) is 0 Å². The van der Waals surface area contributed by atoms with Gasteiger partial charge in [-0.2, -0.15) is 11.3 Å². The highest BCUT2D eigenvalue weighted by molar-refractivity contribution is 7.07. The number of phenols is 1. The third-order valence-corrected chi connectivity index (χ3v) is 3.64. The van der Waals surface area contributed by atoms with Gasteiger partial charge in [0.2, 0.25) is 0 Å². The second kappa shape index (κ2) is 5.34. The molecule has 0 fully saturated rings. The summed E-state index contributed by atoms with van der Waals surface area (Å²) in [7, 11) is 0. The highest BCUT2D eigenvalue weighted by atomic mass is 32.1. The molecular weight excluding hydrogens is 230 g/mol. The van der Waals surface area contributed by atoms with Crippen molar-refractivity contribution in [2.24, 2.45) is 0 Å². The molecule has 0 saturated heterocycles. The zero-order valence-corrected chi connectivity index (χ0v) is 10.9. The second-order valence-corrected chi connectivity index (χ2v) is 5.04. The lowest BCUT2D eigenvalue weighted by Gasteiger charge is -2.19. The zero-order chi connectivity index (χ0) is 12.3. The van der Waals surface area contributed by atoms with E-state index in [0.29, 0.717) is 11.8 Å². The maximum absolute atomic E-state index is 9.25. The normalized spacial score (nSPS) is 14.5. The van der Waals surface area contributed by atoms with Crippen LogP contribution < -0.4 is 5.32 Å². The highest BCUT2D eigenvalue weighted by Gasteiger charge is 2.11. The Bertz CT molecular complexity index is 450. The van der Waals surface area contributed by atoms with Gasteiger partial charge in [0.05, 0.1) is 0 Å². The first-order chi connectivity index (χ1) is 8.16. The van der Waals surface area contributed by atoms with Gasteiger partial charge >= 0.3 is 0 Å². The quantitative estimate of drug-likeness (QED) is 0.859. The molecule has 1 heterocycles. The van der Waals surface area contributed by atoms with E-state index in [4.69, 9.17) is 0 Å². The molecule has 2 nitrogen and oxygen atoms in total. The van der Waals surface area contributed by atoms with Crippen molar-refractivity contribution in [1.82, 2.24) is 5.32 Å². The summed E-state index contributed by atoms with van der Waals surface area (Å²) in [6.45, 7) is 4.30. The molecule has 0 saturated carbocycles. The van der Waals surface area contributed by atoms with Gasteiger partial charge in [0.1, 0.15) is 5.75 Å². The van der Waals surface area contributed by atoms with Gasteiger partial charge in [0, 0.05) is 12.1 Å². The Morgan fingerprint density at radius 1 is 1.00 bits per heavy atom. The summed E-state index contributed by atoms with van der Waals surface area (Å²) in [5, 5.41) is 17.1. The first kappa shape index (κ1) is 12.1. The minimum atomic E-state index is 0.269. The Balaban J connectivity index is 2.01. The summed E-state index contributed by atoms with van der Waals surface area (Å²) in [5.41, 5.74) is 2.51. The molecule has 0 aliphatic carbocycles. The smallest absolute Gasteiger partial charge is 0.115 e. The Labute approximate surface area is 106 Å². The number of hydrogen-bond donors (Lipinski definition) is 2. The molecule has 1 aromatic carbocycles. The average Bonchev–Trinajstić information content (AvgIpc) is 2.83. The summed E-state index contributed by atoms with van der Waals surface area (Å²) >= 11 is 1.72. The summed E-state index contributed by atoms with van der Waals surface area (Å²) in [6, 6.07) is 10.1. The van der Waals surface area contributed by atoms with Crippen LogP contribution in [-0.4, -0.2) is 5.11 Å². The Morgan fingerprint density at radius 2 is 1.65 bits per heavy atom. The molecule has 0 aliphatic rings. The lowest BCUT2D eigenvalue weighted by molar-refractivity contribution is 0.472. The number of phenolic OH excluding ortho intramolecular Hbond substituents is 1. The van der Waals surface area contributed by atoms with E-state index < -0.39 is 0 Å². The van der Waals surface area contributed by atoms with Crippen LogP contribution in [-0.2, 0) is 0 Å². The van der Waals surface area contributed by atoms with E-state index in [9.17, 15) is 5.11 Å². The molecule has 3 heteroatoms. The van der Waals surface area contributed by atoms with Crippen LogP contribution in [0.4, 0.5) is 0 Å². The number of thiophene rings is 1. The van der Waals surface area contributed by atoms with Gasteiger partial charge in [-0.1, -0.05) is 12.1 Å². The molecule has 2 unspecified atom stereocenters. The number of hydrogen-bond acceptors (Lipinski definition) is 3. The fraction of sp³-hybridized carbons (Fsp3) is 0.286. The van der Waals surface area contributed by atoms with E-state index in [-0.39, 0.29) is 6.04 Å². The van der Waals surface area contributed by atoms with E-state index in [1.807, 2.05) is 12.1 Å². The standard InChI is InChI=1S/C14H17NOS/c1-10(12-3-5-14(16)6-4-12)15-11(2)13-7-8-17-9-13/h3-11,15-16H,1-2H3. The number of nitrogens with one attached hydrogen (secondary N) is 1. The van der Waals surface area contributed by atoms with Crippen molar-refractivity contribution in [3.05, 3.63) is 52.2 Å². The number of rotatable bonds is 4. The van der Waals surface area contributed by atoms with Gasteiger partial charge in [-0.05, 0) is 53.9 Å². The van der Waals surface area contributed by atoms with Crippen LogP contribution in [0.1, 0.15) is 37.1 Å². The molecule has 0 bridgehead atoms. The Hall–Kier alpha value is -1.32. The zero-order valence-electron chi connectivity index (χ0n) is 10.1. The maximum atomic E-state index is 9.25. The van der Waals surface area contributed by atoms with Gasteiger partial charge in [-0.25, -0.2) is 0 Å². The van der Waals surface area contributed by atoms with E-state index in [1.54, 1.807) is 23.5 Å². The van der Waals surface area contributed by atoms with Crippen LogP contribution in [0.15, 0.2) is 41.1 Å². The van der Waals surface area contributed by atoms with Gasteiger partial charge < -0.3 is 10.4 Å². The molecule has 0 aliphatic heterocycles. The molecule has 2 rings (SSSR count). The predicted octanol–water partition coefficient (Wildman–Crippen LogP) is 3.87. The van der Waals surface area contributed by atoms with Crippen LogP contribution >= 0.6 is 11.3 Å². The summed E-state index contributed by atoms with van der Waals surface area (Å²) in [4.78, 5) is 0. The maximum Gasteiger partial charge on any atom is 0.115 e. The van der Waals surface area contributed by atoms with Gasteiger partial charge in [0.15, 0.2) is 0 Å². The topological polar surface area (TPSA) is 32.3 Å². The fourth-order valence-electron chi connectivity index (χ4n) is 1.85. The van der Waals surface area contributed by atoms with Crippen molar-refractivity contribution in [3.63, 3.8) is 0 Å². The van der Waals surface area contributed by atoms with E-state index in [2.05, 4.69) is 36.0 Å². The third kappa shape index (κ3) is 3.08. The third-order valence-electron chi connectivity index (χ3n) is 2.94. The van der Waals surface area contributed by atoms with E-state index in [0.717, 1.165) is 0 Å². The molecular formula is C14H17NOS. The summed E-state index contributed by atoms with van der Waals surface area (Å²) in [6.07, 6.45) is 0. The molecule has 0 spiro atoms.